The largest absolute Gasteiger partial charge is 0.390 e. The lowest BCUT2D eigenvalue weighted by Gasteiger charge is -2.78. The number of hydrogen-bond donors (Lipinski definition) is 1. The van der Waals surface area contributed by atoms with Crippen molar-refractivity contribution in [2.75, 3.05) is 0 Å². The summed E-state index contributed by atoms with van der Waals surface area (Å²) in [7, 11) is 0. The maximum absolute atomic E-state index is 10.5. The molecule has 2 bridgehead atoms. The van der Waals surface area contributed by atoms with E-state index < -0.39 is 0 Å². The monoisotopic (exact) mass is 292 g/mol. The molecule has 0 aliphatic heterocycles. The summed E-state index contributed by atoms with van der Waals surface area (Å²) >= 11 is 0. The van der Waals surface area contributed by atoms with Gasteiger partial charge in [-0.05, 0) is 67.1 Å². The number of aliphatic hydroxyl groups is 1. The predicted molar refractivity (Wildman–Crippen MR) is 89.2 cm³/mol. The molecular formula is C20H36O. The fourth-order valence-electron chi connectivity index (χ4n) is 5.95. The molecule has 1 unspecified atom stereocenters. The minimum absolute atomic E-state index is 0.298. The van der Waals surface area contributed by atoms with Crippen LogP contribution >= 0.6 is 0 Å². The van der Waals surface area contributed by atoms with Crippen LogP contribution in [-0.4, -0.2) is 10.7 Å². The fraction of sp³-hybridized carbons (Fsp3) is 1.00. The quantitative estimate of drug-likeness (QED) is 0.637. The second-order valence-corrected chi connectivity index (χ2v) is 9.65. The zero-order valence-electron chi connectivity index (χ0n) is 14.8. The van der Waals surface area contributed by atoms with Crippen molar-refractivity contribution in [2.45, 2.75) is 104 Å². The summed E-state index contributed by atoms with van der Waals surface area (Å²) in [5.41, 5.74) is 1.58. The maximum atomic E-state index is 10.5. The Hall–Kier alpha value is -0.0400. The van der Waals surface area contributed by atoms with Crippen LogP contribution < -0.4 is 0 Å². The Kier molecular flexibility index (Phi) is 3.76. The van der Waals surface area contributed by atoms with Gasteiger partial charge in [-0.3, -0.25) is 0 Å². The molecule has 1 nitrogen and oxygen atoms in total. The van der Waals surface area contributed by atoms with Gasteiger partial charge in [0.15, 0.2) is 0 Å². The number of rotatable bonds is 7. The first-order valence-corrected chi connectivity index (χ1v) is 9.49. The maximum Gasteiger partial charge on any atom is 0.0647 e. The summed E-state index contributed by atoms with van der Waals surface area (Å²) in [5.74, 6) is 0.925. The molecule has 0 spiro atoms. The molecule has 4 rings (SSSR count). The van der Waals surface area contributed by atoms with E-state index in [1.807, 2.05) is 0 Å². The van der Waals surface area contributed by atoms with Crippen molar-refractivity contribution >= 4 is 0 Å². The standard InChI is InChI=1S/C20H36O/c1-5-16(2)18-13-19(14-18,15-18)17(3,4)9-8-12-20(21)10-6-7-11-20/h16,21H,5-15H2,1-4H3. The van der Waals surface area contributed by atoms with Crippen LogP contribution in [0.15, 0.2) is 0 Å². The molecular weight excluding hydrogens is 256 g/mol. The minimum atomic E-state index is -0.298. The molecule has 0 aromatic heterocycles. The Morgan fingerprint density at radius 2 is 1.67 bits per heavy atom. The van der Waals surface area contributed by atoms with Crippen molar-refractivity contribution in [3.63, 3.8) is 0 Å². The van der Waals surface area contributed by atoms with E-state index in [4.69, 9.17) is 0 Å². The average Bonchev–Trinajstić information content (AvgIpc) is 2.71. The first-order valence-electron chi connectivity index (χ1n) is 9.49. The molecule has 4 aliphatic rings. The van der Waals surface area contributed by atoms with E-state index in [0.29, 0.717) is 10.8 Å². The Morgan fingerprint density at radius 1 is 1.10 bits per heavy atom. The van der Waals surface area contributed by atoms with Crippen LogP contribution in [-0.2, 0) is 0 Å². The molecule has 0 amide bonds. The molecule has 122 valence electrons. The zero-order chi connectivity index (χ0) is 15.4. The Bertz CT molecular complexity index is 369. The summed E-state index contributed by atoms with van der Waals surface area (Å²) in [6.45, 7) is 9.83. The Morgan fingerprint density at radius 3 is 2.19 bits per heavy atom. The molecule has 4 aliphatic carbocycles. The third-order valence-corrected chi connectivity index (χ3v) is 8.14. The van der Waals surface area contributed by atoms with E-state index >= 15 is 0 Å². The van der Waals surface area contributed by atoms with Crippen LogP contribution in [0.4, 0.5) is 0 Å². The molecule has 1 N–H and O–H groups in total. The number of hydrogen-bond acceptors (Lipinski definition) is 1. The van der Waals surface area contributed by atoms with E-state index in [-0.39, 0.29) is 5.60 Å². The van der Waals surface area contributed by atoms with Crippen LogP contribution in [0.25, 0.3) is 0 Å². The molecule has 1 atom stereocenters. The van der Waals surface area contributed by atoms with Gasteiger partial charge in [-0.1, -0.05) is 53.4 Å². The lowest BCUT2D eigenvalue weighted by Crippen LogP contribution is -2.69. The van der Waals surface area contributed by atoms with Gasteiger partial charge in [-0.2, -0.15) is 0 Å². The summed E-state index contributed by atoms with van der Waals surface area (Å²) in [6.07, 6.45) is 14.0. The molecule has 0 saturated heterocycles. The van der Waals surface area contributed by atoms with Crippen molar-refractivity contribution in [3.05, 3.63) is 0 Å². The predicted octanol–water partition coefficient (Wildman–Crippen LogP) is 5.70. The zero-order valence-corrected chi connectivity index (χ0v) is 14.8. The van der Waals surface area contributed by atoms with E-state index in [1.54, 1.807) is 0 Å². The summed E-state index contributed by atoms with van der Waals surface area (Å²) in [4.78, 5) is 0. The second kappa shape index (κ2) is 4.98. The summed E-state index contributed by atoms with van der Waals surface area (Å²) < 4.78 is 0. The van der Waals surface area contributed by atoms with Crippen molar-refractivity contribution in [1.82, 2.24) is 0 Å². The van der Waals surface area contributed by atoms with Crippen LogP contribution in [0.5, 0.6) is 0 Å². The fourth-order valence-corrected chi connectivity index (χ4v) is 5.95. The highest BCUT2D eigenvalue weighted by atomic mass is 16.3. The Balaban J connectivity index is 1.48. The van der Waals surface area contributed by atoms with Crippen molar-refractivity contribution in [1.29, 1.82) is 0 Å². The molecule has 4 saturated carbocycles. The van der Waals surface area contributed by atoms with Crippen LogP contribution in [0, 0.1) is 22.2 Å². The lowest BCUT2D eigenvalue weighted by atomic mass is 9.26. The van der Waals surface area contributed by atoms with E-state index in [9.17, 15) is 5.11 Å². The molecule has 0 aromatic rings. The third kappa shape index (κ3) is 2.38. The van der Waals surface area contributed by atoms with Gasteiger partial charge in [0, 0.05) is 0 Å². The second-order valence-electron chi connectivity index (χ2n) is 9.65. The highest BCUT2D eigenvalue weighted by molar-refractivity contribution is 5.22. The Labute approximate surface area is 131 Å². The van der Waals surface area contributed by atoms with Gasteiger partial charge in [-0.15, -0.1) is 0 Å². The lowest BCUT2D eigenvalue weighted by molar-refractivity contribution is -0.288. The smallest absolute Gasteiger partial charge is 0.0647 e. The van der Waals surface area contributed by atoms with E-state index in [2.05, 4.69) is 27.7 Å². The van der Waals surface area contributed by atoms with Gasteiger partial charge in [-0.25, -0.2) is 0 Å². The molecule has 1 heteroatoms. The van der Waals surface area contributed by atoms with Crippen molar-refractivity contribution < 1.29 is 5.11 Å². The average molecular weight is 293 g/mol. The molecule has 21 heavy (non-hydrogen) atoms. The van der Waals surface area contributed by atoms with Gasteiger partial charge >= 0.3 is 0 Å². The summed E-state index contributed by atoms with van der Waals surface area (Å²) in [5, 5.41) is 10.5. The molecule has 0 aromatic carbocycles. The van der Waals surface area contributed by atoms with Crippen LogP contribution in [0.1, 0.15) is 98.3 Å². The van der Waals surface area contributed by atoms with Gasteiger partial charge in [0.1, 0.15) is 0 Å². The van der Waals surface area contributed by atoms with Gasteiger partial charge in [0.05, 0.1) is 5.60 Å². The first kappa shape index (κ1) is 15.8. The molecule has 4 fully saturated rings. The van der Waals surface area contributed by atoms with Crippen LogP contribution in [0.2, 0.25) is 0 Å². The van der Waals surface area contributed by atoms with E-state index in [0.717, 1.165) is 30.6 Å². The normalized spacial score (nSPS) is 38.7. The van der Waals surface area contributed by atoms with Gasteiger partial charge in [0.25, 0.3) is 0 Å². The molecule has 0 heterocycles. The van der Waals surface area contributed by atoms with E-state index in [1.165, 1.54) is 51.4 Å². The summed E-state index contributed by atoms with van der Waals surface area (Å²) in [6, 6.07) is 0. The van der Waals surface area contributed by atoms with Crippen molar-refractivity contribution in [2.24, 2.45) is 22.2 Å². The van der Waals surface area contributed by atoms with Gasteiger partial charge < -0.3 is 5.11 Å². The van der Waals surface area contributed by atoms with Crippen molar-refractivity contribution in [3.8, 4) is 0 Å². The van der Waals surface area contributed by atoms with Crippen LogP contribution in [0.3, 0.4) is 0 Å². The van der Waals surface area contributed by atoms with Gasteiger partial charge in [0.2, 0.25) is 0 Å². The minimum Gasteiger partial charge on any atom is -0.390 e. The first-order chi connectivity index (χ1) is 9.77. The topological polar surface area (TPSA) is 20.2 Å². The third-order valence-electron chi connectivity index (χ3n) is 8.14. The highest BCUT2D eigenvalue weighted by Crippen LogP contribution is 2.82. The molecule has 0 radical (unpaired) electrons. The SMILES string of the molecule is CCC(C)C12CC(C(C)(C)CCCC3(O)CCCC3)(C1)C2. The highest BCUT2D eigenvalue weighted by Gasteiger charge is 2.72.